The standard InChI is InChI=1S/C11H20N2O8/c1-4(15)13-7-9(17)8(16)6(2-14)21-11(7)20-3-5(12)10(18)19/h5-9,11,14,16-17H,2-3,12H2,1H3,(H,13,15)(H,18,19)/t5-,6?,7+,8-,9?,11+/m0/s1. The van der Waals surface area contributed by atoms with E-state index in [1.807, 2.05) is 0 Å². The summed E-state index contributed by atoms with van der Waals surface area (Å²) in [6.45, 7) is 0.171. The molecule has 1 amide bonds. The van der Waals surface area contributed by atoms with E-state index in [0.29, 0.717) is 0 Å². The van der Waals surface area contributed by atoms with Crippen LogP contribution in [0.4, 0.5) is 0 Å². The fourth-order valence-electron chi connectivity index (χ4n) is 1.88. The minimum Gasteiger partial charge on any atom is -0.480 e. The van der Waals surface area contributed by atoms with Crippen LogP contribution in [0.2, 0.25) is 0 Å². The first-order valence-corrected chi connectivity index (χ1v) is 6.27. The van der Waals surface area contributed by atoms with Crippen molar-refractivity contribution in [2.45, 2.75) is 43.6 Å². The maximum atomic E-state index is 11.1. The third-order valence-electron chi connectivity index (χ3n) is 3.01. The normalized spacial score (nSPS) is 34.2. The number of carbonyl (C=O) groups is 2. The molecule has 1 aliphatic heterocycles. The zero-order chi connectivity index (χ0) is 16.2. The number of aliphatic carboxylic acids is 1. The first kappa shape index (κ1) is 17.8. The number of amides is 1. The van der Waals surface area contributed by atoms with Crippen molar-refractivity contribution in [2.24, 2.45) is 5.73 Å². The molecule has 1 aliphatic rings. The summed E-state index contributed by atoms with van der Waals surface area (Å²) in [7, 11) is 0. The number of aliphatic hydroxyl groups excluding tert-OH is 3. The minimum atomic E-state index is -1.45. The second-order valence-electron chi connectivity index (χ2n) is 4.71. The van der Waals surface area contributed by atoms with Gasteiger partial charge in [-0.25, -0.2) is 0 Å². The number of hydrogen-bond acceptors (Lipinski definition) is 8. The van der Waals surface area contributed by atoms with E-state index in [9.17, 15) is 19.8 Å². The number of carboxylic acids is 1. The molecule has 0 aliphatic carbocycles. The number of aliphatic hydroxyl groups is 3. The lowest BCUT2D eigenvalue weighted by molar-refractivity contribution is -0.270. The third-order valence-corrected chi connectivity index (χ3v) is 3.01. The molecule has 10 heteroatoms. The average molecular weight is 308 g/mol. The van der Waals surface area contributed by atoms with Crippen LogP contribution in [0.3, 0.4) is 0 Å². The van der Waals surface area contributed by atoms with Crippen molar-refractivity contribution >= 4 is 11.9 Å². The van der Waals surface area contributed by atoms with Gasteiger partial charge in [-0.1, -0.05) is 0 Å². The van der Waals surface area contributed by atoms with Crippen LogP contribution in [0.15, 0.2) is 0 Å². The van der Waals surface area contributed by atoms with E-state index in [-0.39, 0.29) is 0 Å². The average Bonchev–Trinajstić information content (AvgIpc) is 2.42. The van der Waals surface area contributed by atoms with Gasteiger partial charge in [0.2, 0.25) is 5.91 Å². The van der Waals surface area contributed by atoms with Gasteiger partial charge in [0.15, 0.2) is 6.29 Å². The predicted octanol–water partition coefficient (Wildman–Crippen LogP) is -3.64. The lowest BCUT2D eigenvalue weighted by atomic mass is 9.97. The lowest BCUT2D eigenvalue weighted by Gasteiger charge is -2.42. The van der Waals surface area contributed by atoms with Gasteiger partial charge in [0.25, 0.3) is 0 Å². The molecule has 2 unspecified atom stereocenters. The molecule has 1 fully saturated rings. The Balaban J connectivity index is 2.78. The summed E-state index contributed by atoms with van der Waals surface area (Å²) in [4.78, 5) is 21.7. The van der Waals surface area contributed by atoms with Crippen LogP contribution >= 0.6 is 0 Å². The van der Waals surface area contributed by atoms with Crippen LogP contribution in [0.25, 0.3) is 0 Å². The fraction of sp³-hybridized carbons (Fsp3) is 0.818. The van der Waals surface area contributed by atoms with Crippen molar-refractivity contribution in [1.82, 2.24) is 5.32 Å². The molecule has 21 heavy (non-hydrogen) atoms. The summed E-state index contributed by atoms with van der Waals surface area (Å²) in [5, 5.41) is 39.8. The van der Waals surface area contributed by atoms with Gasteiger partial charge in [0, 0.05) is 6.92 Å². The number of nitrogens with one attached hydrogen (secondary N) is 1. The molecule has 0 spiro atoms. The molecule has 122 valence electrons. The summed E-state index contributed by atoms with van der Waals surface area (Å²) in [6, 6.07) is -2.44. The van der Waals surface area contributed by atoms with E-state index in [1.165, 1.54) is 6.92 Å². The summed E-state index contributed by atoms with van der Waals surface area (Å²) in [6.07, 6.45) is -5.27. The van der Waals surface area contributed by atoms with Gasteiger partial charge in [-0.15, -0.1) is 0 Å². The smallest absolute Gasteiger partial charge is 0.322 e. The second-order valence-corrected chi connectivity index (χ2v) is 4.71. The van der Waals surface area contributed by atoms with Gasteiger partial charge < -0.3 is 41.0 Å². The molecule has 0 radical (unpaired) electrons. The topological polar surface area (TPSA) is 172 Å². The van der Waals surface area contributed by atoms with Gasteiger partial charge in [0.05, 0.1) is 13.2 Å². The predicted molar refractivity (Wildman–Crippen MR) is 66.9 cm³/mol. The number of rotatable bonds is 6. The largest absolute Gasteiger partial charge is 0.480 e. The number of carboxylic acid groups (broad SMARTS) is 1. The molecular formula is C11H20N2O8. The Morgan fingerprint density at radius 1 is 1.38 bits per heavy atom. The molecule has 0 saturated carbocycles. The third kappa shape index (κ3) is 4.59. The van der Waals surface area contributed by atoms with Gasteiger partial charge in [-0.05, 0) is 0 Å². The van der Waals surface area contributed by atoms with Crippen molar-refractivity contribution in [3.05, 3.63) is 0 Å². The minimum absolute atomic E-state index is 0.433. The van der Waals surface area contributed by atoms with Gasteiger partial charge >= 0.3 is 5.97 Å². The van der Waals surface area contributed by atoms with Crippen LogP contribution in [0.5, 0.6) is 0 Å². The first-order chi connectivity index (χ1) is 9.77. The highest BCUT2D eigenvalue weighted by molar-refractivity contribution is 5.73. The number of hydrogen-bond donors (Lipinski definition) is 6. The second kappa shape index (κ2) is 7.64. The van der Waals surface area contributed by atoms with Crippen molar-refractivity contribution < 1.29 is 39.5 Å². The molecule has 0 aromatic heterocycles. The highest BCUT2D eigenvalue weighted by Gasteiger charge is 2.45. The van der Waals surface area contributed by atoms with E-state index >= 15 is 0 Å². The molecule has 1 saturated heterocycles. The van der Waals surface area contributed by atoms with Crippen molar-refractivity contribution in [3.8, 4) is 0 Å². The van der Waals surface area contributed by atoms with Crippen LogP contribution < -0.4 is 11.1 Å². The molecule has 0 aromatic carbocycles. The number of nitrogens with two attached hydrogens (primary N) is 1. The summed E-state index contributed by atoms with van der Waals surface area (Å²) in [5.41, 5.74) is 5.28. The molecule has 0 aromatic rings. The van der Waals surface area contributed by atoms with Crippen LogP contribution in [-0.2, 0) is 19.1 Å². The van der Waals surface area contributed by atoms with E-state index in [2.05, 4.69) is 5.32 Å². The fourth-order valence-corrected chi connectivity index (χ4v) is 1.88. The monoisotopic (exact) mass is 308 g/mol. The molecular weight excluding hydrogens is 288 g/mol. The zero-order valence-electron chi connectivity index (χ0n) is 11.4. The number of ether oxygens (including phenoxy) is 2. The number of carbonyl (C=O) groups excluding carboxylic acids is 1. The summed E-state index contributed by atoms with van der Waals surface area (Å²) in [5.74, 6) is -1.80. The Kier molecular flexibility index (Phi) is 6.45. The first-order valence-electron chi connectivity index (χ1n) is 6.27. The molecule has 7 N–H and O–H groups in total. The lowest BCUT2D eigenvalue weighted by Crippen LogP contribution is -2.64. The van der Waals surface area contributed by atoms with Gasteiger partial charge in [0.1, 0.15) is 30.4 Å². The molecule has 1 heterocycles. The molecule has 10 nitrogen and oxygen atoms in total. The van der Waals surface area contributed by atoms with Gasteiger partial charge in [-0.3, -0.25) is 9.59 Å². The Morgan fingerprint density at radius 3 is 2.48 bits per heavy atom. The van der Waals surface area contributed by atoms with Crippen molar-refractivity contribution in [1.29, 1.82) is 0 Å². The van der Waals surface area contributed by atoms with Crippen LogP contribution in [-0.4, -0.2) is 82.2 Å². The van der Waals surface area contributed by atoms with E-state index in [0.717, 1.165) is 0 Å². The van der Waals surface area contributed by atoms with Crippen LogP contribution in [0, 0.1) is 0 Å². The quantitative estimate of drug-likeness (QED) is 0.289. The molecule has 1 rings (SSSR count). The zero-order valence-corrected chi connectivity index (χ0v) is 11.4. The Morgan fingerprint density at radius 2 is 2.00 bits per heavy atom. The van der Waals surface area contributed by atoms with E-state index in [1.54, 1.807) is 0 Å². The SMILES string of the molecule is CC(=O)N[C@@H]1C(O)[C@@H](O)C(CO)O[C@H]1OC[C@H](N)C(=O)O. The Bertz CT molecular complexity index is 379. The maximum Gasteiger partial charge on any atom is 0.322 e. The Hall–Kier alpha value is -1.30. The van der Waals surface area contributed by atoms with Crippen LogP contribution in [0.1, 0.15) is 6.92 Å². The highest BCUT2D eigenvalue weighted by atomic mass is 16.7. The molecule has 6 atom stereocenters. The Labute approximate surface area is 120 Å². The highest BCUT2D eigenvalue weighted by Crippen LogP contribution is 2.22. The van der Waals surface area contributed by atoms with Crippen molar-refractivity contribution in [3.63, 3.8) is 0 Å². The summed E-state index contributed by atoms with van der Waals surface area (Å²) >= 11 is 0. The van der Waals surface area contributed by atoms with E-state index in [4.69, 9.17) is 25.4 Å². The summed E-state index contributed by atoms with van der Waals surface area (Å²) < 4.78 is 10.4. The maximum absolute atomic E-state index is 11.1. The van der Waals surface area contributed by atoms with Gasteiger partial charge in [-0.2, -0.15) is 0 Å². The van der Waals surface area contributed by atoms with E-state index < -0.39 is 61.8 Å². The van der Waals surface area contributed by atoms with Crippen molar-refractivity contribution in [2.75, 3.05) is 13.2 Å². The molecule has 0 bridgehead atoms.